The lowest BCUT2D eigenvalue weighted by molar-refractivity contribution is -0.130. The van der Waals surface area contributed by atoms with E-state index in [1.165, 1.54) is 7.11 Å². The Bertz CT molecular complexity index is 834. The fourth-order valence-electron chi connectivity index (χ4n) is 2.84. The number of carbonyl (C=O) groups excluding carboxylic acids is 3. The summed E-state index contributed by atoms with van der Waals surface area (Å²) in [6.07, 6.45) is 0. The Balaban J connectivity index is 1.82. The third-order valence-electron chi connectivity index (χ3n) is 4.32. The first-order valence-corrected chi connectivity index (χ1v) is 7.82. The summed E-state index contributed by atoms with van der Waals surface area (Å²) in [5, 5.41) is 2.69. The molecule has 1 N–H and O–H groups in total. The van der Waals surface area contributed by atoms with E-state index >= 15 is 0 Å². The second kappa shape index (κ2) is 6.39. The molecule has 6 nitrogen and oxygen atoms in total. The van der Waals surface area contributed by atoms with E-state index in [0.29, 0.717) is 16.9 Å². The number of hydrogen-bond acceptors (Lipinski definition) is 4. The van der Waals surface area contributed by atoms with Crippen LogP contribution in [0.5, 0.6) is 5.75 Å². The highest BCUT2D eigenvalue weighted by Crippen LogP contribution is 2.28. The van der Waals surface area contributed by atoms with Gasteiger partial charge in [-0.2, -0.15) is 0 Å². The summed E-state index contributed by atoms with van der Waals surface area (Å²) in [7, 11) is 1.51. The van der Waals surface area contributed by atoms with Gasteiger partial charge < -0.3 is 10.1 Å². The van der Waals surface area contributed by atoms with Crippen molar-refractivity contribution in [3.63, 3.8) is 0 Å². The Kier molecular flexibility index (Phi) is 4.27. The van der Waals surface area contributed by atoms with E-state index in [1.807, 2.05) is 6.07 Å². The van der Waals surface area contributed by atoms with E-state index in [9.17, 15) is 14.4 Å². The lowest BCUT2D eigenvalue weighted by atomic mass is 9.92. The van der Waals surface area contributed by atoms with E-state index in [4.69, 9.17) is 4.74 Å². The van der Waals surface area contributed by atoms with Gasteiger partial charge >= 0.3 is 6.03 Å². The number of ketones is 1. The minimum atomic E-state index is -1.17. The van der Waals surface area contributed by atoms with Crippen molar-refractivity contribution in [1.82, 2.24) is 10.2 Å². The van der Waals surface area contributed by atoms with Crippen molar-refractivity contribution in [3.8, 4) is 5.75 Å². The standard InChI is InChI=1S/C19H18N2O4/c1-19(14-8-4-3-5-9-14)17(23)21(18(24)20-19)12-16(22)13-7-6-10-15(11-13)25-2/h3-11H,12H2,1-2H3,(H,20,24)/t19-/m1/s1. The topological polar surface area (TPSA) is 75.7 Å². The van der Waals surface area contributed by atoms with E-state index in [1.54, 1.807) is 55.5 Å². The largest absolute Gasteiger partial charge is 0.497 e. The summed E-state index contributed by atoms with van der Waals surface area (Å²) in [5.74, 6) is -0.239. The molecular formula is C19H18N2O4. The first-order chi connectivity index (χ1) is 12.0. The summed E-state index contributed by atoms with van der Waals surface area (Å²) in [5.41, 5.74) is -0.120. The molecule has 1 aliphatic heterocycles. The van der Waals surface area contributed by atoms with Crippen LogP contribution in [0.15, 0.2) is 54.6 Å². The Morgan fingerprint density at radius 3 is 2.52 bits per heavy atom. The molecule has 0 unspecified atom stereocenters. The van der Waals surface area contributed by atoms with Gasteiger partial charge in [0.25, 0.3) is 5.91 Å². The molecule has 0 spiro atoms. The van der Waals surface area contributed by atoms with E-state index in [-0.39, 0.29) is 12.3 Å². The Labute approximate surface area is 145 Å². The molecule has 25 heavy (non-hydrogen) atoms. The summed E-state index contributed by atoms with van der Waals surface area (Å²) in [6, 6.07) is 15.0. The molecule has 0 saturated carbocycles. The van der Waals surface area contributed by atoms with Gasteiger partial charge in [-0.25, -0.2) is 4.79 Å². The lowest BCUT2D eigenvalue weighted by Gasteiger charge is -2.22. The number of nitrogens with one attached hydrogen (secondary N) is 1. The number of rotatable bonds is 5. The van der Waals surface area contributed by atoms with Crippen LogP contribution in [0.2, 0.25) is 0 Å². The molecule has 0 aromatic heterocycles. The second-order valence-electron chi connectivity index (χ2n) is 5.97. The molecule has 1 aliphatic rings. The third-order valence-corrected chi connectivity index (χ3v) is 4.32. The number of ether oxygens (including phenoxy) is 1. The van der Waals surface area contributed by atoms with Crippen molar-refractivity contribution in [3.05, 3.63) is 65.7 Å². The monoisotopic (exact) mass is 338 g/mol. The van der Waals surface area contributed by atoms with Gasteiger partial charge in [-0.05, 0) is 24.6 Å². The molecule has 1 atom stereocenters. The smallest absolute Gasteiger partial charge is 0.325 e. The van der Waals surface area contributed by atoms with Gasteiger partial charge in [0, 0.05) is 5.56 Å². The molecule has 1 saturated heterocycles. The van der Waals surface area contributed by atoms with Crippen molar-refractivity contribution >= 4 is 17.7 Å². The minimum Gasteiger partial charge on any atom is -0.497 e. The summed E-state index contributed by atoms with van der Waals surface area (Å²) >= 11 is 0. The first kappa shape index (κ1) is 16.7. The van der Waals surface area contributed by atoms with Crippen LogP contribution in [-0.4, -0.2) is 36.3 Å². The number of hydrogen-bond donors (Lipinski definition) is 1. The summed E-state index contributed by atoms with van der Waals surface area (Å²) in [4.78, 5) is 38.5. The second-order valence-corrected chi connectivity index (χ2v) is 5.97. The maximum atomic E-state index is 12.8. The van der Waals surface area contributed by atoms with Crippen LogP contribution in [0.3, 0.4) is 0 Å². The molecule has 3 rings (SSSR count). The molecule has 0 aliphatic carbocycles. The maximum absolute atomic E-state index is 12.8. The van der Waals surface area contributed by atoms with Gasteiger partial charge in [-0.15, -0.1) is 0 Å². The van der Waals surface area contributed by atoms with E-state index in [2.05, 4.69) is 5.32 Å². The van der Waals surface area contributed by atoms with Crippen LogP contribution >= 0.6 is 0 Å². The summed E-state index contributed by atoms with van der Waals surface area (Å²) < 4.78 is 5.10. The predicted molar refractivity (Wildman–Crippen MR) is 91.4 cm³/mol. The van der Waals surface area contributed by atoms with Crippen LogP contribution in [0.1, 0.15) is 22.8 Å². The molecule has 128 valence electrons. The third kappa shape index (κ3) is 2.98. The van der Waals surface area contributed by atoms with E-state index in [0.717, 1.165) is 4.90 Å². The molecule has 2 aromatic carbocycles. The minimum absolute atomic E-state index is 0.319. The van der Waals surface area contributed by atoms with Gasteiger partial charge in [-0.1, -0.05) is 42.5 Å². The number of urea groups is 1. The van der Waals surface area contributed by atoms with Crippen molar-refractivity contribution in [2.75, 3.05) is 13.7 Å². The van der Waals surface area contributed by atoms with Crippen LogP contribution < -0.4 is 10.1 Å². The number of nitrogens with zero attached hydrogens (tertiary/aromatic N) is 1. The molecule has 6 heteroatoms. The highest BCUT2D eigenvalue weighted by atomic mass is 16.5. The molecule has 0 bridgehead atoms. The average Bonchev–Trinajstić information content (AvgIpc) is 2.86. The number of Topliss-reactive ketones (excluding diaryl/α,β-unsaturated/α-hetero) is 1. The summed E-state index contributed by atoms with van der Waals surface area (Å²) in [6.45, 7) is 1.32. The normalized spacial score (nSPS) is 19.7. The van der Waals surface area contributed by atoms with Crippen LogP contribution in [-0.2, 0) is 10.3 Å². The predicted octanol–water partition coefficient (Wildman–Crippen LogP) is 2.35. The zero-order valence-corrected chi connectivity index (χ0v) is 14.0. The number of imide groups is 1. The van der Waals surface area contributed by atoms with Crippen LogP contribution in [0.25, 0.3) is 0 Å². The van der Waals surface area contributed by atoms with Gasteiger partial charge in [0.05, 0.1) is 13.7 Å². The van der Waals surface area contributed by atoms with Gasteiger partial charge in [0.15, 0.2) is 5.78 Å². The number of methoxy groups -OCH3 is 1. The highest BCUT2D eigenvalue weighted by Gasteiger charge is 2.49. The Morgan fingerprint density at radius 1 is 1.12 bits per heavy atom. The average molecular weight is 338 g/mol. The SMILES string of the molecule is COc1cccc(C(=O)CN2C(=O)N[C@](C)(c3ccccc3)C2=O)c1. The van der Waals surface area contributed by atoms with Gasteiger partial charge in [0.1, 0.15) is 11.3 Å². The number of amides is 3. The maximum Gasteiger partial charge on any atom is 0.325 e. The van der Waals surface area contributed by atoms with Gasteiger partial charge in [0.2, 0.25) is 0 Å². The van der Waals surface area contributed by atoms with Crippen molar-refractivity contribution in [1.29, 1.82) is 0 Å². The first-order valence-electron chi connectivity index (χ1n) is 7.82. The molecule has 3 amide bonds. The fraction of sp³-hybridized carbons (Fsp3) is 0.211. The van der Waals surface area contributed by atoms with Crippen molar-refractivity contribution < 1.29 is 19.1 Å². The fourth-order valence-corrected chi connectivity index (χ4v) is 2.84. The van der Waals surface area contributed by atoms with E-state index < -0.39 is 17.5 Å². The molecule has 1 heterocycles. The quantitative estimate of drug-likeness (QED) is 0.671. The highest BCUT2D eigenvalue weighted by molar-refractivity contribution is 6.11. The number of carbonyl (C=O) groups is 3. The molecule has 0 radical (unpaired) electrons. The zero-order chi connectivity index (χ0) is 18.0. The Hall–Kier alpha value is -3.15. The Morgan fingerprint density at radius 2 is 1.84 bits per heavy atom. The van der Waals surface area contributed by atoms with Crippen molar-refractivity contribution in [2.45, 2.75) is 12.5 Å². The van der Waals surface area contributed by atoms with Crippen LogP contribution in [0, 0.1) is 0 Å². The molecular weight excluding hydrogens is 320 g/mol. The molecule has 2 aromatic rings. The zero-order valence-electron chi connectivity index (χ0n) is 14.0. The van der Waals surface area contributed by atoms with Crippen molar-refractivity contribution in [2.24, 2.45) is 0 Å². The van der Waals surface area contributed by atoms with Crippen LogP contribution in [0.4, 0.5) is 4.79 Å². The lowest BCUT2D eigenvalue weighted by Crippen LogP contribution is -2.41. The number of benzene rings is 2. The van der Waals surface area contributed by atoms with Gasteiger partial charge in [-0.3, -0.25) is 14.5 Å². The molecule has 1 fully saturated rings.